The van der Waals surface area contributed by atoms with Crippen molar-refractivity contribution in [3.05, 3.63) is 18.0 Å². The number of aromatic nitrogens is 2. The van der Waals surface area contributed by atoms with Gasteiger partial charge in [0.25, 0.3) is 0 Å². The molecule has 1 fully saturated rings. The van der Waals surface area contributed by atoms with Gasteiger partial charge < -0.3 is 10.2 Å². The number of carbonyl (C=O) groups is 1. The zero-order valence-electron chi connectivity index (χ0n) is 10.3. The fourth-order valence-corrected chi connectivity index (χ4v) is 2.18. The molecule has 2 N–H and O–H groups in total. The molecule has 5 nitrogen and oxygen atoms in total. The lowest BCUT2D eigenvalue weighted by molar-refractivity contribution is 0.208. The van der Waals surface area contributed by atoms with Crippen LogP contribution >= 0.6 is 0 Å². The maximum absolute atomic E-state index is 11.8. The first kappa shape index (κ1) is 12.0. The summed E-state index contributed by atoms with van der Waals surface area (Å²) in [6, 6.07) is 2.06. The van der Waals surface area contributed by atoms with E-state index in [9.17, 15) is 4.79 Å². The molecule has 1 unspecified atom stereocenters. The van der Waals surface area contributed by atoms with E-state index in [4.69, 9.17) is 0 Å². The highest BCUT2D eigenvalue weighted by atomic mass is 16.2. The van der Waals surface area contributed by atoms with Crippen molar-refractivity contribution >= 4 is 6.03 Å². The molecule has 2 amide bonds. The van der Waals surface area contributed by atoms with Crippen LogP contribution in [0.25, 0.3) is 0 Å². The van der Waals surface area contributed by atoms with E-state index in [-0.39, 0.29) is 6.03 Å². The number of nitrogens with zero attached hydrogens (tertiary/aromatic N) is 2. The Bertz CT molecular complexity index is 349. The zero-order valence-corrected chi connectivity index (χ0v) is 10.3. The van der Waals surface area contributed by atoms with Crippen LogP contribution in [0.5, 0.6) is 0 Å². The Morgan fingerprint density at radius 3 is 3.29 bits per heavy atom. The van der Waals surface area contributed by atoms with Crippen molar-refractivity contribution in [2.45, 2.75) is 32.1 Å². The average Bonchev–Trinajstić information content (AvgIpc) is 3.00. The summed E-state index contributed by atoms with van der Waals surface area (Å²) in [6.45, 7) is 4.53. The van der Waals surface area contributed by atoms with Gasteiger partial charge in [-0.3, -0.25) is 5.10 Å². The highest BCUT2D eigenvalue weighted by Crippen LogP contribution is 2.25. The summed E-state index contributed by atoms with van der Waals surface area (Å²) in [5.74, 6) is 0.412. The number of urea groups is 1. The Kier molecular flexibility index (Phi) is 4.01. The molecule has 0 spiro atoms. The predicted octanol–water partition coefficient (Wildman–Crippen LogP) is 1.71. The molecule has 1 aliphatic heterocycles. The molecule has 1 aliphatic rings. The van der Waals surface area contributed by atoms with Crippen LogP contribution in [0.15, 0.2) is 12.3 Å². The number of nitrogens with one attached hydrogen (secondary N) is 2. The van der Waals surface area contributed by atoms with E-state index in [1.54, 1.807) is 6.20 Å². The Labute approximate surface area is 102 Å². The van der Waals surface area contributed by atoms with Crippen molar-refractivity contribution in [3.8, 4) is 0 Å². The van der Waals surface area contributed by atoms with Crippen molar-refractivity contribution in [1.82, 2.24) is 20.4 Å². The standard InChI is InChI=1S/C12H20N4O/c1-2-3-6-13-12(17)16-8-5-10(9-16)11-4-7-14-15-11/h4,7,10H,2-3,5-6,8-9H2,1H3,(H,13,17)(H,14,15). The summed E-state index contributed by atoms with van der Waals surface area (Å²) in [5, 5.41) is 9.89. The number of carbonyl (C=O) groups excluding carboxylic acids is 1. The molecule has 17 heavy (non-hydrogen) atoms. The second-order valence-electron chi connectivity index (χ2n) is 4.53. The number of hydrogen-bond donors (Lipinski definition) is 2. The van der Waals surface area contributed by atoms with E-state index in [2.05, 4.69) is 22.4 Å². The maximum atomic E-state index is 11.8. The quantitative estimate of drug-likeness (QED) is 0.782. The smallest absolute Gasteiger partial charge is 0.317 e. The Morgan fingerprint density at radius 2 is 2.59 bits per heavy atom. The molecular weight excluding hydrogens is 216 g/mol. The number of likely N-dealkylation sites (tertiary alicyclic amines) is 1. The SMILES string of the molecule is CCCCNC(=O)N1CCC(c2ccn[nH]2)C1. The number of hydrogen-bond acceptors (Lipinski definition) is 2. The van der Waals surface area contributed by atoms with E-state index in [0.29, 0.717) is 5.92 Å². The lowest BCUT2D eigenvalue weighted by Gasteiger charge is -2.16. The topological polar surface area (TPSA) is 61.0 Å². The van der Waals surface area contributed by atoms with Crippen molar-refractivity contribution in [1.29, 1.82) is 0 Å². The molecule has 0 bridgehead atoms. The lowest BCUT2D eigenvalue weighted by Crippen LogP contribution is -2.38. The third-order valence-electron chi connectivity index (χ3n) is 3.24. The highest BCUT2D eigenvalue weighted by Gasteiger charge is 2.27. The van der Waals surface area contributed by atoms with Crippen LogP contribution in [0.4, 0.5) is 4.79 Å². The van der Waals surface area contributed by atoms with E-state index >= 15 is 0 Å². The predicted molar refractivity (Wildman–Crippen MR) is 65.8 cm³/mol. The van der Waals surface area contributed by atoms with Crippen LogP contribution in [0.2, 0.25) is 0 Å². The number of rotatable bonds is 4. The average molecular weight is 236 g/mol. The first-order valence-electron chi connectivity index (χ1n) is 6.33. The van der Waals surface area contributed by atoms with Gasteiger partial charge in [0, 0.05) is 37.4 Å². The third kappa shape index (κ3) is 2.99. The van der Waals surface area contributed by atoms with Gasteiger partial charge in [-0.15, -0.1) is 0 Å². The van der Waals surface area contributed by atoms with Gasteiger partial charge in [0.15, 0.2) is 0 Å². The Morgan fingerprint density at radius 1 is 1.71 bits per heavy atom. The summed E-state index contributed by atoms with van der Waals surface area (Å²) in [7, 11) is 0. The summed E-state index contributed by atoms with van der Waals surface area (Å²) >= 11 is 0. The molecule has 2 rings (SSSR count). The van der Waals surface area contributed by atoms with Crippen molar-refractivity contribution in [3.63, 3.8) is 0 Å². The number of unbranched alkanes of at least 4 members (excludes halogenated alkanes) is 1. The first-order valence-corrected chi connectivity index (χ1v) is 6.33. The second kappa shape index (κ2) is 5.70. The van der Waals surface area contributed by atoms with Crippen molar-refractivity contribution < 1.29 is 4.79 Å². The zero-order chi connectivity index (χ0) is 12.1. The summed E-state index contributed by atoms with van der Waals surface area (Å²) < 4.78 is 0. The summed E-state index contributed by atoms with van der Waals surface area (Å²) in [4.78, 5) is 13.7. The minimum Gasteiger partial charge on any atom is -0.338 e. The van der Waals surface area contributed by atoms with Crippen LogP contribution in [0.3, 0.4) is 0 Å². The Balaban J connectivity index is 1.79. The van der Waals surface area contributed by atoms with Crippen LogP contribution in [0, 0.1) is 0 Å². The minimum atomic E-state index is 0.0699. The molecule has 0 aromatic carbocycles. The lowest BCUT2D eigenvalue weighted by atomic mass is 10.1. The fraction of sp³-hybridized carbons (Fsp3) is 0.667. The second-order valence-corrected chi connectivity index (χ2v) is 4.53. The molecule has 1 atom stereocenters. The van der Waals surface area contributed by atoms with Crippen molar-refractivity contribution in [2.75, 3.05) is 19.6 Å². The van der Waals surface area contributed by atoms with E-state index < -0.39 is 0 Å². The monoisotopic (exact) mass is 236 g/mol. The minimum absolute atomic E-state index is 0.0699. The third-order valence-corrected chi connectivity index (χ3v) is 3.24. The maximum Gasteiger partial charge on any atom is 0.317 e. The Hall–Kier alpha value is -1.52. The molecule has 1 saturated heterocycles. The molecule has 0 radical (unpaired) electrons. The normalized spacial score (nSPS) is 19.6. The van der Waals surface area contributed by atoms with Gasteiger partial charge in [-0.05, 0) is 18.9 Å². The number of aromatic amines is 1. The molecular formula is C12H20N4O. The van der Waals surface area contributed by atoms with Gasteiger partial charge in [0.05, 0.1) is 0 Å². The summed E-state index contributed by atoms with van der Waals surface area (Å²) in [6.07, 6.45) is 4.93. The largest absolute Gasteiger partial charge is 0.338 e. The van der Waals surface area contributed by atoms with Gasteiger partial charge in [-0.2, -0.15) is 5.10 Å². The van der Waals surface area contributed by atoms with Gasteiger partial charge in [0.2, 0.25) is 0 Å². The van der Waals surface area contributed by atoms with Gasteiger partial charge >= 0.3 is 6.03 Å². The summed E-state index contributed by atoms with van der Waals surface area (Å²) in [5.41, 5.74) is 1.13. The molecule has 0 aliphatic carbocycles. The van der Waals surface area contributed by atoms with Gasteiger partial charge in [-0.1, -0.05) is 13.3 Å². The number of amides is 2. The molecule has 2 heterocycles. The van der Waals surface area contributed by atoms with E-state index in [0.717, 1.165) is 44.6 Å². The van der Waals surface area contributed by atoms with Crippen LogP contribution in [-0.4, -0.2) is 40.8 Å². The van der Waals surface area contributed by atoms with E-state index in [1.807, 2.05) is 11.0 Å². The fourth-order valence-electron chi connectivity index (χ4n) is 2.18. The highest BCUT2D eigenvalue weighted by molar-refractivity contribution is 5.74. The molecule has 1 aromatic heterocycles. The van der Waals surface area contributed by atoms with E-state index in [1.165, 1.54) is 0 Å². The molecule has 1 aromatic rings. The molecule has 5 heteroatoms. The number of H-pyrrole nitrogens is 1. The van der Waals surface area contributed by atoms with Crippen molar-refractivity contribution in [2.24, 2.45) is 0 Å². The van der Waals surface area contributed by atoms with Gasteiger partial charge in [0.1, 0.15) is 0 Å². The molecule has 94 valence electrons. The molecule has 0 saturated carbocycles. The van der Waals surface area contributed by atoms with Gasteiger partial charge in [-0.25, -0.2) is 4.79 Å². The first-order chi connectivity index (χ1) is 8.31. The van der Waals surface area contributed by atoms with Crippen LogP contribution in [0.1, 0.15) is 37.8 Å². The van der Waals surface area contributed by atoms with Crippen LogP contribution in [-0.2, 0) is 0 Å². The van der Waals surface area contributed by atoms with Crippen LogP contribution < -0.4 is 5.32 Å².